The maximum atomic E-state index is 13.2. The standard InChI is InChI=1S/C28H48N4O8Si2/c1-17(2)41(18(3)4)36-16-23-25(39-42(40-41,19(5)6)20(7)8)26(37-22(10)35-15-11-13-29)27(38-23)32-14-12-24(30-21(9)33)31-28(32)34/h12,14,17-20,22-23,25-27H,11,15-16H2,1-10H3,(H,30,31,33,34)/t22?,23-,25-,26-,27-/m1/s1. The number of nitrogens with zero attached hydrogens (tertiary/aromatic N) is 3. The number of amides is 1. The van der Waals surface area contributed by atoms with Gasteiger partial charge in [-0.3, -0.25) is 9.36 Å². The lowest BCUT2D eigenvalue weighted by Gasteiger charge is -2.51. The summed E-state index contributed by atoms with van der Waals surface area (Å²) in [6.45, 7) is 20.6. The van der Waals surface area contributed by atoms with Gasteiger partial charge in [-0.05, 0) is 35.2 Å². The fraction of sp³-hybridized carbons (Fsp3) is 0.786. The first-order valence-electron chi connectivity index (χ1n) is 14.9. The number of rotatable bonds is 11. The lowest BCUT2D eigenvalue weighted by atomic mass is 10.1. The van der Waals surface area contributed by atoms with E-state index >= 15 is 0 Å². The van der Waals surface area contributed by atoms with Crippen LogP contribution in [0.5, 0.6) is 0 Å². The Morgan fingerprint density at radius 1 is 1.12 bits per heavy atom. The number of hydrogen-bond donors (Lipinski definition) is 1. The van der Waals surface area contributed by atoms with Crippen molar-refractivity contribution < 1.29 is 32.0 Å². The van der Waals surface area contributed by atoms with Crippen molar-refractivity contribution in [1.82, 2.24) is 9.55 Å². The Bertz CT molecular complexity index is 1160. The van der Waals surface area contributed by atoms with E-state index in [1.807, 2.05) is 0 Å². The van der Waals surface area contributed by atoms with E-state index in [-0.39, 0.29) is 53.5 Å². The Morgan fingerprint density at radius 2 is 1.74 bits per heavy atom. The second kappa shape index (κ2) is 14.2. The molecule has 3 heterocycles. The average molecular weight is 625 g/mol. The molecule has 0 aliphatic carbocycles. The first-order valence-corrected chi connectivity index (χ1v) is 18.8. The monoisotopic (exact) mass is 624 g/mol. The molecule has 1 N–H and O–H groups in total. The number of carbonyl (C=O) groups is 1. The van der Waals surface area contributed by atoms with E-state index in [1.165, 1.54) is 23.8 Å². The van der Waals surface area contributed by atoms with Crippen molar-refractivity contribution in [3.05, 3.63) is 22.7 Å². The summed E-state index contributed by atoms with van der Waals surface area (Å²) >= 11 is 0. The number of aromatic nitrogens is 2. The molecule has 2 saturated heterocycles. The molecule has 1 amide bonds. The topological polar surface area (TPSA) is 143 Å². The summed E-state index contributed by atoms with van der Waals surface area (Å²) in [7, 11) is -5.83. The van der Waals surface area contributed by atoms with E-state index in [9.17, 15) is 9.59 Å². The second-order valence-electron chi connectivity index (χ2n) is 12.3. The third-order valence-corrected chi connectivity index (χ3v) is 18.2. The highest BCUT2D eigenvalue weighted by Crippen LogP contribution is 2.48. The molecule has 12 nitrogen and oxygen atoms in total. The van der Waals surface area contributed by atoms with Crippen LogP contribution in [0, 0.1) is 11.3 Å². The van der Waals surface area contributed by atoms with Gasteiger partial charge in [0, 0.05) is 13.1 Å². The minimum absolute atomic E-state index is 0.0783. The van der Waals surface area contributed by atoms with Crippen molar-refractivity contribution in [2.45, 2.75) is 129 Å². The maximum absolute atomic E-state index is 13.2. The molecule has 0 spiro atoms. The smallest absolute Gasteiger partial charge is 0.351 e. The number of carbonyl (C=O) groups excluding carboxylic acids is 1. The summed E-state index contributed by atoms with van der Waals surface area (Å²) in [4.78, 5) is 28.8. The van der Waals surface area contributed by atoms with Crippen LogP contribution in [0.15, 0.2) is 17.1 Å². The number of nitrogens with one attached hydrogen (secondary N) is 1. The molecular formula is C28H48N4O8Si2. The number of anilines is 1. The molecule has 0 saturated carbocycles. The molecule has 2 aliphatic rings. The molecule has 1 unspecified atom stereocenters. The third kappa shape index (κ3) is 7.21. The highest BCUT2D eigenvalue weighted by Gasteiger charge is 2.62. The van der Waals surface area contributed by atoms with Crippen molar-refractivity contribution in [2.75, 3.05) is 18.5 Å². The SMILES string of the molecule is CC(=O)Nc1ccn([C@@H]2O[C@@H]3CO[Si](C(C)C)(C(C)C)O[Si](C(C)C)(C(C)C)O[C@H]3[C@H]2OC(C)OCCC#N)c(=O)n1. The summed E-state index contributed by atoms with van der Waals surface area (Å²) in [6, 6.07) is 3.60. The summed E-state index contributed by atoms with van der Waals surface area (Å²) in [5.41, 5.74) is -0.140. The van der Waals surface area contributed by atoms with Crippen LogP contribution >= 0.6 is 0 Å². The third-order valence-electron chi connectivity index (χ3n) is 7.94. The van der Waals surface area contributed by atoms with E-state index in [2.05, 4.69) is 71.8 Å². The van der Waals surface area contributed by atoms with E-state index < -0.39 is 53.6 Å². The van der Waals surface area contributed by atoms with E-state index in [0.29, 0.717) is 0 Å². The van der Waals surface area contributed by atoms with E-state index in [1.54, 1.807) is 6.92 Å². The summed E-state index contributed by atoms with van der Waals surface area (Å²) in [5, 5.41) is 11.5. The van der Waals surface area contributed by atoms with Crippen LogP contribution in [0.1, 0.15) is 81.9 Å². The Morgan fingerprint density at radius 3 is 2.26 bits per heavy atom. The molecule has 236 valence electrons. The Balaban J connectivity index is 2.12. The quantitative estimate of drug-likeness (QED) is 0.209. The normalized spacial score (nSPS) is 26.1. The highest BCUT2D eigenvalue weighted by molar-refractivity contribution is 6.84. The van der Waals surface area contributed by atoms with Gasteiger partial charge in [0.1, 0.15) is 24.1 Å². The van der Waals surface area contributed by atoms with Gasteiger partial charge in [-0.25, -0.2) is 4.79 Å². The summed E-state index contributed by atoms with van der Waals surface area (Å²) in [5.74, 6) is -0.195. The Hall–Kier alpha value is -1.97. The number of ether oxygens (including phenoxy) is 3. The molecule has 0 bridgehead atoms. The maximum Gasteiger partial charge on any atom is 0.351 e. The van der Waals surface area contributed by atoms with Gasteiger partial charge in [-0.2, -0.15) is 10.2 Å². The van der Waals surface area contributed by atoms with Crippen LogP contribution in [0.2, 0.25) is 22.2 Å². The zero-order chi connectivity index (χ0) is 31.4. The first kappa shape index (κ1) is 34.5. The van der Waals surface area contributed by atoms with Gasteiger partial charge in [0.2, 0.25) is 5.91 Å². The van der Waals surface area contributed by atoms with Gasteiger partial charge in [0.25, 0.3) is 0 Å². The van der Waals surface area contributed by atoms with Gasteiger partial charge in [-0.15, -0.1) is 0 Å². The molecule has 5 atom stereocenters. The molecule has 1 aromatic heterocycles. The predicted octanol–water partition coefficient (Wildman–Crippen LogP) is 4.72. The van der Waals surface area contributed by atoms with Crippen LogP contribution in [-0.2, 0) is 32.0 Å². The molecule has 14 heteroatoms. The summed E-state index contributed by atoms with van der Waals surface area (Å²) < 4.78 is 41.5. The van der Waals surface area contributed by atoms with Crippen molar-refractivity contribution in [3.8, 4) is 6.07 Å². The van der Waals surface area contributed by atoms with Crippen LogP contribution in [0.25, 0.3) is 0 Å². The lowest BCUT2D eigenvalue weighted by molar-refractivity contribution is -0.192. The molecule has 1 aromatic rings. The van der Waals surface area contributed by atoms with Gasteiger partial charge < -0.3 is 32.5 Å². The van der Waals surface area contributed by atoms with Crippen molar-refractivity contribution >= 4 is 28.8 Å². The second-order valence-corrected chi connectivity index (χ2v) is 21.1. The first-order chi connectivity index (χ1) is 19.7. The molecule has 0 radical (unpaired) electrons. The molecule has 3 rings (SSSR count). The van der Waals surface area contributed by atoms with Crippen LogP contribution in [0.3, 0.4) is 0 Å². The molecular weight excluding hydrogens is 577 g/mol. The van der Waals surface area contributed by atoms with Crippen molar-refractivity contribution in [1.29, 1.82) is 5.26 Å². The van der Waals surface area contributed by atoms with Gasteiger partial charge in [-0.1, -0.05) is 55.4 Å². The average Bonchev–Trinajstić information content (AvgIpc) is 3.18. The minimum Gasteiger partial charge on any atom is -0.414 e. The van der Waals surface area contributed by atoms with E-state index in [0.717, 1.165) is 0 Å². The van der Waals surface area contributed by atoms with Gasteiger partial charge >= 0.3 is 22.8 Å². The van der Waals surface area contributed by atoms with Crippen molar-refractivity contribution in [3.63, 3.8) is 0 Å². The summed E-state index contributed by atoms with van der Waals surface area (Å²) in [6.07, 6.45) is -1.90. The molecule has 0 aromatic carbocycles. The highest BCUT2D eigenvalue weighted by atomic mass is 28.5. The number of nitriles is 1. The zero-order valence-electron chi connectivity index (χ0n) is 26.6. The Kier molecular flexibility index (Phi) is 11.7. The number of hydrogen-bond acceptors (Lipinski definition) is 10. The van der Waals surface area contributed by atoms with Gasteiger partial charge in [0.15, 0.2) is 12.5 Å². The fourth-order valence-corrected chi connectivity index (χ4v) is 17.1. The zero-order valence-corrected chi connectivity index (χ0v) is 28.6. The minimum atomic E-state index is -3.02. The van der Waals surface area contributed by atoms with Gasteiger partial charge in [0.05, 0.1) is 25.7 Å². The van der Waals surface area contributed by atoms with Crippen LogP contribution in [-0.4, -0.2) is 70.4 Å². The number of fused-ring (bicyclic) bond motifs is 1. The fourth-order valence-electron chi connectivity index (χ4n) is 5.88. The van der Waals surface area contributed by atoms with Crippen molar-refractivity contribution in [2.24, 2.45) is 0 Å². The molecule has 2 aliphatic heterocycles. The van der Waals surface area contributed by atoms with Crippen LogP contribution in [0.4, 0.5) is 5.82 Å². The largest absolute Gasteiger partial charge is 0.414 e. The molecule has 2 fully saturated rings. The lowest BCUT2D eigenvalue weighted by Crippen LogP contribution is -2.66. The van der Waals surface area contributed by atoms with E-state index in [4.69, 9.17) is 32.4 Å². The predicted molar refractivity (Wildman–Crippen MR) is 161 cm³/mol. The van der Waals surface area contributed by atoms with Crippen LogP contribution < -0.4 is 11.0 Å². The Labute approximate surface area is 251 Å². The molecule has 42 heavy (non-hydrogen) atoms.